The molecule has 0 fully saturated rings. The highest BCUT2D eigenvalue weighted by Gasteiger charge is 2.15. The molecule has 2 rings (SSSR count). The summed E-state index contributed by atoms with van der Waals surface area (Å²) >= 11 is 10.6. The van der Waals surface area contributed by atoms with Gasteiger partial charge in [-0.2, -0.15) is 0 Å². The van der Waals surface area contributed by atoms with E-state index in [2.05, 4.69) is 53.9 Å². The molecular weight excluding hydrogens is 439 g/mol. The Kier molecular flexibility index (Phi) is 5.60. The number of rotatable bonds is 4. The molecule has 0 aliphatic carbocycles. The van der Waals surface area contributed by atoms with E-state index in [4.69, 9.17) is 0 Å². The molecule has 19 heavy (non-hydrogen) atoms. The molecule has 4 heteroatoms. The predicted molar refractivity (Wildman–Crippen MR) is 88.5 cm³/mol. The van der Waals surface area contributed by atoms with Gasteiger partial charge in [-0.25, -0.2) is 4.39 Å². The first-order valence-corrected chi connectivity index (χ1v) is 8.57. The van der Waals surface area contributed by atoms with Crippen LogP contribution in [0, 0.1) is 5.82 Å². The largest absolute Gasteiger partial charge is 0.207 e. The van der Waals surface area contributed by atoms with Crippen molar-refractivity contribution < 1.29 is 4.39 Å². The minimum Gasteiger partial charge on any atom is -0.207 e. The monoisotopic (exact) mass is 448 g/mol. The summed E-state index contributed by atoms with van der Waals surface area (Å²) in [6, 6.07) is 13.1. The van der Waals surface area contributed by atoms with Crippen molar-refractivity contribution in [1.29, 1.82) is 0 Å². The molecule has 0 saturated heterocycles. The molecule has 0 aromatic heterocycles. The second-order valence-corrected chi connectivity index (χ2v) is 6.67. The fourth-order valence-corrected chi connectivity index (χ4v) is 3.71. The van der Waals surface area contributed by atoms with Crippen LogP contribution in [-0.4, -0.2) is 5.33 Å². The Morgan fingerprint density at radius 1 is 1.00 bits per heavy atom. The van der Waals surface area contributed by atoms with E-state index in [9.17, 15) is 4.39 Å². The predicted octanol–water partition coefficient (Wildman–Crippen LogP) is 6.07. The summed E-state index contributed by atoms with van der Waals surface area (Å²) in [6.45, 7) is 0. The van der Waals surface area contributed by atoms with Gasteiger partial charge in [0.25, 0.3) is 0 Å². The number of hydrogen-bond acceptors (Lipinski definition) is 0. The van der Waals surface area contributed by atoms with E-state index in [0.29, 0.717) is 5.92 Å². The van der Waals surface area contributed by atoms with Crippen molar-refractivity contribution in [2.24, 2.45) is 0 Å². The lowest BCUT2D eigenvalue weighted by Crippen LogP contribution is -2.06. The van der Waals surface area contributed by atoms with Gasteiger partial charge in [0.1, 0.15) is 5.82 Å². The molecule has 0 spiro atoms. The summed E-state index contributed by atoms with van der Waals surface area (Å²) in [5, 5.41) is 0.861. The molecule has 0 N–H and O–H groups in total. The highest BCUT2D eigenvalue weighted by Crippen LogP contribution is 2.31. The highest BCUT2D eigenvalue weighted by molar-refractivity contribution is 9.11. The van der Waals surface area contributed by atoms with E-state index in [1.165, 1.54) is 17.7 Å². The lowest BCUT2D eigenvalue weighted by atomic mass is 9.94. The molecule has 2 aromatic rings. The van der Waals surface area contributed by atoms with Crippen LogP contribution in [0.1, 0.15) is 17.0 Å². The first-order valence-electron chi connectivity index (χ1n) is 5.86. The lowest BCUT2D eigenvalue weighted by Gasteiger charge is -2.17. The van der Waals surface area contributed by atoms with E-state index in [1.54, 1.807) is 0 Å². The van der Waals surface area contributed by atoms with Crippen LogP contribution >= 0.6 is 47.8 Å². The number of hydrogen-bond donors (Lipinski definition) is 0. The van der Waals surface area contributed by atoms with Gasteiger partial charge in [0.05, 0.1) is 0 Å². The van der Waals surface area contributed by atoms with Crippen molar-refractivity contribution in [3.05, 3.63) is 68.4 Å². The third kappa shape index (κ3) is 3.89. The normalized spacial score (nSPS) is 12.4. The van der Waals surface area contributed by atoms with Gasteiger partial charge in [0.2, 0.25) is 0 Å². The molecule has 0 heterocycles. The smallest absolute Gasteiger partial charge is 0.124 e. The van der Waals surface area contributed by atoms with Gasteiger partial charge in [-0.1, -0.05) is 72.1 Å². The van der Waals surface area contributed by atoms with Gasteiger partial charge in [0, 0.05) is 14.3 Å². The number of halogens is 4. The van der Waals surface area contributed by atoms with Gasteiger partial charge in [-0.15, -0.1) is 0 Å². The molecule has 0 saturated carbocycles. The molecule has 0 amide bonds. The summed E-state index contributed by atoms with van der Waals surface area (Å²) in [5.41, 5.74) is 2.37. The molecule has 1 atom stereocenters. The van der Waals surface area contributed by atoms with Crippen LogP contribution in [0.4, 0.5) is 4.39 Å². The first kappa shape index (κ1) is 15.2. The average Bonchev–Trinajstić information content (AvgIpc) is 2.39. The Labute approximate surface area is 137 Å². The van der Waals surface area contributed by atoms with Crippen LogP contribution in [-0.2, 0) is 6.42 Å². The Bertz CT molecular complexity index is 569. The fraction of sp³-hybridized carbons (Fsp3) is 0.200. The van der Waals surface area contributed by atoms with Gasteiger partial charge >= 0.3 is 0 Å². The first-order chi connectivity index (χ1) is 9.11. The maximum atomic E-state index is 13.1. The Morgan fingerprint density at radius 3 is 2.37 bits per heavy atom. The van der Waals surface area contributed by atoms with Gasteiger partial charge in [-0.3, -0.25) is 0 Å². The Hall–Kier alpha value is -0.190. The Balaban J connectivity index is 2.27. The van der Waals surface area contributed by atoms with Crippen molar-refractivity contribution in [1.82, 2.24) is 0 Å². The van der Waals surface area contributed by atoms with Crippen LogP contribution in [0.15, 0.2) is 51.4 Å². The third-order valence-corrected chi connectivity index (χ3v) is 5.25. The van der Waals surface area contributed by atoms with E-state index in [-0.39, 0.29) is 5.82 Å². The van der Waals surface area contributed by atoms with Crippen LogP contribution < -0.4 is 0 Å². The topological polar surface area (TPSA) is 0 Å². The molecule has 0 nitrogen and oxygen atoms in total. The van der Waals surface area contributed by atoms with Crippen LogP contribution in [0.5, 0.6) is 0 Å². The van der Waals surface area contributed by atoms with Gasteiger partial charge in [-0.05, 0) is 41.7 Å². The van der Waals surface area contributed by atoms with E-state index in [0.717, 1.165) is 26.3 Å². The molecule has 0 radical (unpaired) electrons. The van der Waals surface area contributed by atoms with Gasteiger partial charge in [0.15, 0.2) is 0 Å². The molecule has 0 bridgehead atoms. The molecule has 0 aliphatic rings. The van der Waals surface area contributed by atoms with Gasteiger partial charge < -0.3 is 0 Å². The summed E-state index contributed by atoms with van der Waals surface area (Å²) in [7, 11) is 0. The highest BCUT2D eigenvalue weighted by atomic mass is 79.9. The summed E-state index contributed by atoms with van der Waals surface area (Å²) in [6.07, 6.45) is 0.856. The minimum atomic E-state index is -0.216. The zero-order valence-electron chi connectivity index (χ0n) is 10.0. The second kappa shape index (κ2) is 7.00. The zero-order chi connectivity index (χ0) is 13.8. The quantitative estimate of drug-likeness (QED) is 0.496. The molecule has 2 aromatic carbocycles. The SMILES string of the molecule is Fc1ccc(CC(CBr)c2ccccc2Br)c(Br)c1. The van der Waals surface area contributed by atoms with Crippen molar-refractivity contribution in [2.45, 2.75) is 12.3 Å². The van der Waals surface area contributed by atoms with Crippen molar-refractivity contribution >= 4 is 47.8 Å². The standard InChI is InChI=1S/C15H12Br3F/c16-9-11(13-3-1-2-4-14(13)17)7-10-5-6-12(19)8-15(10)18/h1-6,8,11H,7,9H2. The van der Waals surface area contributed by atoms with Crippen molar-refractivity contribution in [2.75, 3.05) is 5.33 Å². The van der Waals surface area contributed by atoms with E-state index < -0.39 is 0 Å². The summed E-state index contributed by atoms with van der Waals surface area (Å²) < 4.78 is 15.0. The zero-order valence-corrected chi connectivity index (χ0v) is 14.8. The van der Waals surface area contributed by atoms with E-state index in [1.807, 2.05) is 24.3 Å². The second-order valence-electron chi connectivity index (χ2n) is 4.31. The van der Waals surface area contributed by atoms with E-state index >= 15 is 0 Å². The van der Waals surface area contributed by atoms with Crippen LogP contribution in [0.3, 0.4) is 0 Å². The van der Waals surface area contributed by atoms with Crippen LogP contribution in [0.25, 0.3) is 0 Å². The molecule has 0 aliphatic heterocycles. The maximum absolute atomic E-state index is 13.1. The summed E-state index contributed by atoms with van der Waals surface area (Å²) in [4.78, 5) is 0. The lowest BCUT2D eigenvalue weighted by molar-refractivity contribution is 0.625. The molecule has 100 valence electrons. The minimum absolute atomic E-state index is 0.216. The van der Waals surface area contributed by atoms with Crippen molar-refractivity contribution in [3.63, 3.8) is 0 Å². The maximum Gasteiger partial charge on any atom is 0.124 e. The number of benzene rings is 2. The fourth-order valence-electron chi connectivity index (χ4n) is 2.01. The molecular formula is C15H12Br3F. The summed E-state index contributed by atoms with van der Waals surface area (Å²) in [5.74, 6) is 0.129. The van der Waals surface area contributed by atoms with Crippen LogP contribution in [0.2, 0.25) is 0 Å². The third-order valence-electron chi connectivity index (χ3n) is 3.01. The Morgan fingerprint density at radius 2 is 1.74 bits per heavy atom. The average molecular weight is 451 g/mol. The number of alkyl halides is 1. The van der Waals surface area contributed by atoms with Crippen molar-refractivity contribution in [3.8, 4) is 0 Å². The molecule has 1 unspecified atom stereocenters.